The van der Waals surface area contributed by atoms with E-state index in [1.807, 2.05) is 30.3 Å². The summed E-state index contributed by atoms with van der Waals surface area (Å²) in [5.41, 5.74) is 0.483. The molecular weight excluding hydrogens is 162 g/mol. The van der Waals surface area contributed by atoms with Crippen LogP contribution in [0.4, 0.5) is 0 Å². The average molecular weight is 169 g/mol. The maximum Gasteiger partial charge on any atom is 0.124 e. The minimum absolute atomic E-state index is 0.162. The molecule has 0 heterocycles. The molecule has 0 atom stereocenters. The van der Waals surface area contributed by atoms with Crippen LogP contribution in [-0.4, -0.2) is 5.11 Å². The van der Waals surface area contributed by atoms with E-state index >= 15 is 0 Å². The Kier molecular flexibility index (Phi) is 1.64. The molecule has 1 N–H and O–H groups in total. The predicted octanol–water partition coefficient (Wildman–Crippen LogP) is 2.42. The fraction of sp³-hybridized carbons (Fsp3) is 0. The maximum atomic E-state index is 9.53. The third kappa shape index (κ3) is 1.21. The Hall–Kier alpha value is -2.01. The van der Waals surface area contributed by atoms with Crippen LogP contribution in [-0.2, 0) is 0 Å². The van der Waals surface area contributed by atoms with Crippen LogP contribution in [0.15, 0.2) is 36.4 Å². The summed E-state index contributed by atoms with van der Waals surface area (Å²) in [6.07, 6.45) is 0. The van der Waals surface area contributed by atoms with Crippen molar-refractivity contribution in [3.63, 3.8) is 0 Å². The number of fused-ring (bicyclic) bond motifs is 1. The van der Waals surface area contributed by atoms with Crippen LogP contribution in [0.5, 0.6) is 5.75 Å². The van der Waals surface area contributed by atoms with E-state index in [9.17, 15) is 5.11 Å². The lowest BCUT2D eigenvalue weighted by Crippen LogP contribution is -1.77. The number of nitriles is 1. The second-order valence-electron chi connectivity index (χ2n) is 2.83. The van der Waals surface area contributed by atoms with Crippen LogP contribution in [0, 0.1) is 11.3 Å². The summed E-state index contributed by atoms with van der Waals surface area (Å²) >= 11 is 0. The molecule has 0 spiro atoms. The highest BCUT2D eigenvalue weighted by atomic mass is 16.3. The molecular formula is C11H7NO. The number of phenols is 1. The molecule has 0 bridgehead atoms. The van der Waals surface area contributed by atoms with Gasteiger partial charge in [-0.25, -0.2) is 0 Å². The van der Waals surface area contributed by atoms with Crippen molar-refractivity contribution in [2.24, 2.45) is 0 Å². The Bertz CT molecular complexity index is 497. The van der Waals surface area contributed by atoms with Crippen molar-refractivity contribution in [3.05, 3.63) is 42.0 Å². The van der Waals surface area contributed by atoms with Crippen molar-refractivity contribution in [1.82, 2.24) is 0 Å². The smallest absolute Gasteiger partial charge is 0.124 e. The van der Waals surface area contributed by atoms with E-state index in [4.69, 9.17) is 5.26 Å². The fourth-order valence-electron chi connectivity index (χ4n) is 1.35. The van der Waals surface area contributed by atoms with Crippen molar-refractivity contribution in [1.29, 1.82) is 5.26 Å². The first-order valence-electron chi connectivity index (χ1n) is 3.93. The van der Waals surface area contributed by atoms with Crippen LogP contribution >= 0.6 is 0 Å². The Morgan fingerprint density at radius 3 is 2.69 bits per heavy atom. The Balaban J connectivity index is 2.86. The number of phenolic OH excluding ortho intramolecular Hbond substituents is 1. The van der Waals surface area contributed by atoms with Gasteiger partial charge in [-0.2, -0.15) is 5.26 Å². The van der Waals surface area contributed by atoms with Gasteiger partial charge in [0.05, 0.1) is 11.6 Å². The molecule has 0 saturated carbocycles. The van der Waals surface area contributed by atoms with E-state index in [0.29, 0.717) is 5.56 Å². The highest BCUT2D eigenvalue weighted by Gasteiger charge is 2.00. The summed E-state index contributed by atoms with van der Waals surface area (Å²) in [6.45, 7) is 0. The molecule has 62 valence electrons. The van der Waals surface area contributed by atoms with Crippen molar-refractivity contribution < 1.29 is 5.11 Å². The number of aromatic hydroxyl groups is 1. The van der Waals surface area contributed by atoms with Crippen molar-refractivity contribution in [2.75, 3.05) is 0 Å². The number of benzene rings is 2. The van der Waals surface area contributed by atoms with Crippen molar-refractivity contribution >= 4 is 10.8 Å². The topological polar surface area (TPSA) is 44.0 Å². The molecule has 2 rings (SSSR count). The van der Waals surface area contributed by atoms with Crippen molar-refractivity contribution in [2.45, 2.75) is 0 Å². The van der Waals surface area contributed by atoms with E-state index < -0.39 is 0 Å². The van der Waals surface area contributed by atoms with Gasteiger partial charge in [-0.3, -0.25) is 0 Å². The van der Waals surface area contributed by atoms with E-state index in [2.05, 4.69) is 0 Å². The summed E-state index contributed by atoms with van der Waals surface area (Å²) in [5.74, 6) is 0.162. The molecule has 13 heavy (non-hydrogen) atoms. The largest absolute Gasteiger partial charge is 0.507 e. The number of hydrogen-bond acceptors (Lipinski definition) is 2. The first-order chi connectivity index (χ1) is 6.31. The zero-order valence-corrected chi connectivity index (χ0v) is 6.86. The van der Waals surface area contributed by atoms with Gasteiger partial charge in [-0.1, -0.05) is 24.3 Å². The average Bonchev–Trinajstić information content (AvgIpc) is 2.18. The standard InChI is InChI=1S/C11H7NO/c12-7-8-5-9-3-1-2-4-10(9)11(13)6-8/h1-6,13H. The van der Waals surface area contributed by atoms with Gasteiger partial charge >= 0.3 is 0 Å². The quantitative estimate of drug-likeness (QED) is 0.658. The maximum absolute atomic E-state index is 9.53. The summed E-state index contributed by atoms with van der Waals surface area (Å²) in [6, 6.07) is 12.7. The molecule has 0 fully saturated rings. The lowest BCUT2D eigenvalue weighted by Gasteiger charge is -2.00. The molecule has 0 unspecified atom stereocenters. The number of nitrogens with zero attached hydrogens (tertiary/aromatic N) is 1. The monoisotopic (exact) mass is 169 g/mol. The lowest BCUT2D eigenvalue weighted by atomic mass is 10.1. The third-order valence-electron chi connectivity index (χ3n) is 1.97. The van der Waals surface area contributed by atoms with Crippen LogP contribution in [0.25, 0.3) is 10.8 Å². The normalized spacial score (nSPS) is 9.77. The van der Waals surface area contributed by atoms with Gasteiger partial charge in [0.2, 0.25) is 0 Å². The zero-order chi connectivity index (χ0) is 9.26. The van der Waals surface area contributed by atoms with Gasteiger partial charge in [0.1, 0.15) is 5.75 Å². The van der Waals surface area contributed by atoms with Gasteiger partial charge in [-0.15, -0.1) is 0 Å². The molecule has 0 aliphatic carbocycles. The Morgan fingerprint density at radius 2 is 1.92 bits per heavy atom. The van der Waals surface area contributed by atoms with E-state index in [-0.39, 0.29) is 5.75 Å². The molecule has 2 aromatic carbocycles. The fourth-order valence-corrected chi connectivity index (χ4v) is 1.35. The first kappa shape index (κ1) is 7.63. The number of hydrogen-bond donors (Lipinski definition) is 1. The Morgan fingerprint density at radius 1 is 1.15 bits per heavy atom. The highest BCUT2D eigenvalue weighted by molar-refractivity contribution is 5.89. The molecule has 0 radical (unpaired) electrons. The van der Waals surface area contributed by atoms with Crippen LogP contribution in [0.1, 0.15) is 5.56 Å². The molecule has 0 aliphatic rings. The molecule has 0 aliphatic heterocycles. The Labute approximate surface area is 75.7 Å². The van der Waals surface area contributed by atoms with Gasteiger partial charge in [-0.05, 0) is 17.5 Å². The summed E-state index contributed by atoms with van der Waals surface area (Å²) < 4.78 is 0. The highest BCUT2D eigenvalue weighted by Crippen LogP contribution is 2.25. The SMILES string of the molecule is N#Cc1cc(O)c2ccccc2c1. The minimum atomic E-state index is 0.162. The second kappa shape index (κ2) is 2.80. The van der Waals surface area contributed by atoms with Crippen LogP contribution < -0.4 is 0 Å². The van der Waals surface area contributed by atoms with Gasteiger partial charge in [0, 0.05) is 5.39 Å². The lowest BCUT2D eigenvalue weighted by molar-refractivity contribution is 0.481. The minimum Gasteiger partial charge on any atom is -0.507 e. The summed E-state index contributed by atoms with van der Waals surface area (Å²) in [7, 11) is 0. The van der Waals surface area contributed by atoms with E-state index in [0.717, 1.165) is 10.8 Å². The molecule has 2 aromatic rings. The van der Waals surface area contributed by atoms with E-state index in [1.165, 1.54) is 6.07 Å². The second-order valence-corrected chi connectivity index (χ2v) is 2.83. The zero-order valence-electron chi connectivity index (χ0n) is 6.86. The van der Waals surface area contributed by atoms with E-state index in [1.54, 1.807) is 6.07 Å². The molecule has 2 nitrogen and oxygen atoms in total. The summed E-state index contributed by atoms with van der Waals surface area (Å²) in [5, 5.41) is 19.9. The van der Waals surface area contributed by atoms with Crippen molar-refractivity contribution in [3.8, 4) is 11.8 Å². The van der Waals surface area contributed by atoms with Crippen LogP contribution in [0.3, 0.4) is 0 Å². The predicted molar refractivity (Wildman–Crippen MR) is 50.3 cm³/mol. The van der Waals surface area contributed by atoms with Crippen LogP contribution in [0.2, 0.25) is 0 Å². The van der Waals surface area contributed by atoms with Gasteiger partial charge < -0.3 is 5.11 Å². The summed E-state index contributed by atoms with van der Waals surface area (Å²) in [4.78, 5) is 0. The van der Waals surface area contributed by atoms with Gasteiger partial charge in [0.25, 0.3) is 0 Å². The molecule has 0 amide bonds. The molecule has 2 heteroatoms. The first-order valence-corrected chi connectivity index (χ1v) is 3.93. The molecule has 0 aromatic heterocycles. The van der Waals surface area contributed by atoms with Gasteiger partial charge in [0.15, 0.2) is 0 Å². The third-order valence-corrected chi connectivity index (χ3v) is 1.97. The molecule has 0 saturated heterocycles. The number of rotatable bonds is 0.